The fraction of sp³-hybridized carbons (Fsp3) is 0.294. The fourth-order valence-electron chi connectivity index (χ4n) is 2.36. The van der Waals surface area contributed by atoms with Crippen LogP contribution in [-0.2, 0) is 12.6 Å². The Morgan fingerprint density at radius 3 is 2.27 bits per heavy atom. The van der Waals surface area contributed by atoms with Crippen LogP contribution in [0, 0.1) is 0 Å². The van der Waals surface area contributed by atoms with E-state index in [1.54, 1.807) is 6.92 Å². The molecule has 2 aromatic rings. The summed E-state index contributed by atoms with van der Waals surface area (Å²) in [5.41, 5.74) is -1.05. The lowest BCUT2D eigenvalue weighted by molar-refractivity contribution is -0.138. The van der Waals surface area contributed by atoms with Crippen LogP contribution in [0.5, 0.6) is 0 Å². The van der Waals surface area contributed by atoms with Crippen molar-refractivity contribution in [3.63, 3.8) is 0 Å². The smallest absolute Gasteiger partial charge is 0.416 e. The Balaban J connectivity index is 2.16. The summed E-state index contributed by atoms with van der Waals surface area (Å²) in [5, 5.41) is 8.78. The van der Waals surface area contributed by atoms with Gasteiger partial charge in [0.1, 0.15) is 5.69 Å². The Hall–Kier alpha value is -2.97. The van der Waals surface area contributed by atoms with Crippen molar-refractivity contribution in [1.29, 1.82) is 0 Å². The molecular weight excluding hydrogens is 351 g/mol. The number of rotatable bonds is 5. The summed E-state index contributed by atoms with van der Waals surface area (Å²) in [5.74, 6) is -1.84. The van der Waals surface area contributed by atoms with Crippen LogP contribution in [0.25, 0.3) is 0 Å². The highest BCUT2D eigenvalue weighted by atomic mass is 19.4. The standard InChI is InChI=1S/C17H16F3N3O3/c1-10(7-11-5-3-4-6-12(11)17(18,19)20)23(2)15(24)13-8-22-14(9-21-13)16(25)26/h3-6,8-10H,7H2,1-2H3,(H,25,26). The zero-order chi connectivity index (χ0) is 19.5. The molecule has 0 aliphatic carbocycles. The number of hydrogen-bond acceptors (Lipinski definition) is 4. The fourth-order valence-corrected chi connectivity index (χ4v) is 2.36. The predicted molar refractivity (Wildman–Crippen MR) is 85.7 cm³/mol. The molecular formula is C17H16F3N3O3. The molecule has 1 atom stereocenters. The maximum atomic E-state index is 13.1. The number of aromatic carboxylic acids is 1. The number of hydrogen-bond donors (Lipinski definition) is 1. The number of halogens is 3. The van der Waals surface area contributed by atoms with Crippen molar-refractivity contribution >= 4 is 11.9 Å². The number of carboxylic acids is 1. The van der Waals surface area contributed by atoms with Gasteiger partial charge in [0.15, 0.2) is 5.69 Å². The third kappa shape index (κ3) is 4.35. The first-order valence-electron chi connectivity index (χ1n) is 7.59. The molecule has 26 heavy (non-hydrogen) atoms. The van der Waals surface area contributed by atoms with Crippen LogP contribution >= 0.6 is 0 Å². The van der Waals surface area contributed by atoms with E-state index in [1.807, 2.05) is 0 Å². The van der Waals surface area contributed by atoms with Gasteiger partial charge < -0.3 is 10.0 Å². The molecule has 6 nitrogen and oxygen atoms in total. The number of benzene rings is 1. The minimum atomic E-state index is -4.48. The molecule has 2 rings (SSSR count). The highest BCUT2D eigenvalue weighted by molar-refractivity contribution is 5.92. The molecule has 1 aromatic heterocycles. The summed E-state index contributed by atoms with van der Waals surface area (Å²) >= 11 is 0. The van der Waals surface area contributed by atoms with Crippen molar-refractivity contribution < 1.29 is 27.9 Å². The van der Waals surface area contributed by atoms with Crippen LogP contribution in [-0.4, -0.2) is 44.9 Å². The van der Waals surface area contributed by atoms with Crippen LogP contribution in [0.1, 0.15) is 39.0 Å². The van der Waals surface area contributed by atoms with Crippen molar-refractivity contribution in [2.75, 3.05) is 7.05 Å². The van der Waals surface area contributed by atoms with Gasteiger partial charge in [0.25, 0.3) is 5.91 Å². The SMILES string of the molecule is CC(Cc1ccccc1C(F)(F)F)N(C)C(=O)c1cnc(C(=O)O)cn1. The summed E-state index contributed by atoms with van der Waals surface area (Å²) in [6.07, 6.45) is -2.50. The molecule has 1 aromatic carbocycles. The molecule has 1 N–H and O–H groups in total. The van der Waals surface area contributed by atoms with Crippen molar-refractivity contribution in [1.82, 2.24) is 14.9 Å². The number of amides is 1. The van der Waals surface area contributed by atoms with E-state index in [1.165, 1.54) is 30.1 Å². The Kier molecular flexibility index (Phi) is 5.59. The average Bonchev–Trinajstić information content (AvgIpc) is 2.60. The van der Waals surface area contributed by atoms with E-state index >= 15 is 0 Å². The molecule has 0 saturated carbocycles. The molecule has 9 heteroatoms. The number of alkyl halides is 3. The zero-order valence-electron chi connectivity index (χ0n) is 14.0. The Morgan fingerprint density at radius 2 is 1.73 bits per heavy atom. The molecule has 0 fully saturated rings. The summed E-state index contributed by atoms with van der Waals surface area (Å²) in [4.78, 5) is 31.8. The minimum Gasteiger partial charge on any atom is -0.476 e. The summed E-state index contributed by atoms with van der Waals surface area (Å²) < 4.78 is 39.2. The van der Waals surface area contributed by atoms with E-state index in [0.29, 0.717) is 0 Å². The molecule has 0 radical (unpaired) electrons. The van der Waals surface area contributed by atoms with Gasteiger partial charge in [-0.15, -0.1) is 0 Å². The lowest BCUT2D eigenvalue weighted by Gasteiger charge is -2.25. The van der Waals surface area contributed by atoms with Gasteiger partial charge in [0.2, 0.25) is 0 Å². The van der Waals surface area contributed by atoms with Crippen molar-refractivity contribution in [3.05, 3.63) is 59.2 Å². The molecule has 1 heterocycles. The Labute approximate surface area is 147 Å². The topological polar surface area (TPSA) is 83.4 Å². The van der Waals surface area contributed by atoms with E-state index in [9.17, 15) is 22.8 Å². The van der Waals surface area contributed by atoms with Crippen LogP contribution in [0.4, 0.5) is 13.2 Å². The summed E-state index contributed by atoms with van der Waals surface area (Å²) in [6.45, 7) is 1.62. The average molecular weight is 367 g/mol. The van der Waals surface area contributed by atoms with Gasteiger partial charge in [-0.2, -0.15) is 13.2 Å². The van der Waals surface area contributed by atoms with E-state index in [2.05, 4.69) is 9.97 Å². The first kappa shape index (κ1) is 19.4. The first-order valence-corrected chi connectivity index (χ1v) is 7.59. The van der Waals surface area contributed by atoms with Gasteiger partial charge in [0.05, 0.1) is 18.0 Å². The maximum Gasteiger partial charge on any atom is 0.416 e. The molecule has 1 unspecified atom stereocenters. The maximum absolute atomic E-state index is 13.1. The van der Waals surface area contributed by atoms with Crippen LogP contribution in [0.15, 0.2) is 36.7 Å². The first-order chi connectivity index (χ1) is 12.1. The number of carboxylic acid groups (broad SMARTS) is 1. The van der Waals surface area contributed by atoms with E-state index < -0.39 is 29.7 Å². The van der Waals surface area contributed by atoms with Crippen molar-refractivity contribution in [3.8, 4) is 0 Å². The predicted octanol–water partition coefficient (Wildman–Crippen LogP) is 2.90. The van der Waals surface area contributed by atoms with Gasteiger partial charge in [-0.3, -0.25) is 4.79 Å². The molecule has 1 amide bonds. The van der Waals surface area contributed by atoms with Crippen LogP contribution in [0.3, 0.4) is 0 Å². The Bertz CT molecular complexity index is 807. The minimum absolute atomic E-state index is 0.00143. The third-order valence-electron chi connectivity index (χ3n) is 3.91. The molecule has 0 saturated heterocycles. The van der Waals surface area contributed by atoms with Crippen molar-refractivity contribution in [2.24, 2.45) is 0 Å². The highest BCUT2D eigenvalue weighted by Gasteiger charge is 2.33. The van der Waals surface area contributed by atoms with E-state index in [0.717, 1.165) is 18.5 Å². The van der Waals surface area contributed by atoms with Crippen LogP contribution in [0.2, 0.25) is 0 Å². The number of aromatic nitrogens is 2. The van der Waals surface area contributed by atoms with Crippen molar-refractivity contribution in [2.45, 2.75) is 25.6 Å². The molecule has 0 spiro atoms. The number of carbonyl (C=O) groups is 2. The molecule has 0 aliphatic rings. The summed E-state index contributed by atoms with van der Waals surface area (Å²) in [7, 11) is 1.44. The number of likely N-dealkylation sites (N-methyl/N-ethyl adjacent to an activating group) is 1. The number of carbonyl (C=O) groups excluding carboxylic acids is 1. The Morgan fingerprint density at radius 1 is 1.15 bits per heavy atom. The molecule has 0 aliphatic heterocycles. The van der Waals surface area contributed by atoms with E-state index in [-0.39, 0.29) is 23.4 Å². The third-order valence-corrected chi connectivity index (χ3v) is 3.91. The monoisotopic (exact) mass is 367 g/mol. The molecule has 138 valence electrons. The second kappa shape index (κ2) is 7.51. The lowest BCUT2D eigenvalue weighted by atomic mass is 10.00. The van der Waals surface area contributed by atoms with Gasteiger partial charge in [0, 0.05) is 13.1 Å². The second-order valence-corrected chi connectivity index (χ2v) is 5.72. The van der Waals surface area contributed by atoms with Crippen LogP contribution < -0.4 is 0 Å². The van der Waals surface area contributed by atoms with E-state index in [4.69, 9.17) is 5.11 Å². The lowest BCUT2D eigenvalue weighted by Crippen LogP contribution is -2.37. The molecule has 0 bridgehead atoms. The normalized spacial score (nSPS) is 12.5. The van der Waals surface area contributed by atoms with Gasteiger partial charge in [-0.1, -0.05) is 18.2 Å². The summed E-state index contributed by atoms with van der Waals surface area (Å²) in [6, 6.07) is 4.65. The number of nitrogens with zero attached hydrogens (tertiary/aromatic N) is 3. The largest absolute Gasteiger partial charge is 0.476 e. The zero-order valence-corrected chi connectivity index (χ0v) is 14.0. The second-order valence-electron chi connectivity index (χ2n) is 5.72. The van der Waals surface area contributed by atoms with Gasteiger partial charge in [-0.05, 0) is 25.0 Å². The quantitative estimate of drug-likeness (QED) is 0.879. The van der Waals surface area contributed by atoms with Gasteiger partial charge >= 0.3 is 12.1 Å². The highest BCUT2D eigenvalue weighted by Crippen LogP contribution is 2.32. The van der Waals surface area contributed by atoms with Gasteiger partial charge in [-0.25, -0.2) is 14.8 Å².